The van der Waals surface area contributed by atoms with E-state index in [4.69, 9.17) is 0 Å². The molecule has 5 nitrogen and oxygen atoms in total. The van der Waals surface area contributed by atoms with E-state index in [1.165, 1.54) is 4.57 Å². The largest absolute Gasteiger partial charge is 0.345 e. The van der Waals surface area contributed by atoms with Crippen LogP contribution in [0.25, 0.3) is 0 Å². The molecule has 1 amide bonds. The highest BCUT2D eigenvalue weighted by Crippen LogP contribution is 2.26. The fourth-order valence-corrected chi connectivity index (χ4v) is 4.12. The molecule has 0 saturated carbocycles. The van der Waals surface area contributed by atoms with Crippen molar-refractivity contribution < 1.29 is 22.2 Å². The first-order valence-electron chi connectivity index (χ1n) is 7.60. The number of anilines is 1. The molecule has 9 heteroatoms. The first-order valence-corrected chi connectivity index (χ1v) is 8.75. The summed E-state index contributed by atoms with van der Waals surface area (Å²) in [6.07, 6.45) is 2.81. The van der Waals surface area contributed by atoms with Crippen molar-refractivity contribution in [1.29, 1.82) is 0 Å². The van der Waals surface area contributed by atoms with Gasteiger partial charge in [0.15, 0.2) is 17.5 Å². The lowest BCUT2D eigenvalue weighted by Crippen LogP contribution is -2.26. The van der Waals surface area contributed by atoms with Crippen molar-refractivity contribution >= 4 is 22.6 Å². The van der Waals surface area contributed by atoms with Crippen LogP contribution >= 0.6 is 0 Å². The SMILES string of the molecule is CC1CCc2c(cn(C)c2C(=O)Nc2cc(F)c(F)c(F)c2)S(=O)N1. The fourth-order valence-electron chi connectivity index (χ4n) is 2.83. The molecule has 1 aromatic carbocycles. The van der Waals surface area contributed by atoms with Gasteiger partial charge < -0.3 is 9.88 Å². The number of halogens is 3. The van der Waals surface area contributed by atoms with Crippen molar-refractivity contribution in [3.63, 3.8) is 0 Å². The van der Waals surface area contributed by atoms with E-state index in [0.29, 0.717) is 35.4 Å². The van der Waals surface area contributed by atoms with Crippen molar-refractivity contribution in [3.05, 3.63) is 47.0 Å². The summed E-state index contributed by atoms with van der Waals surface area (Å²) in [6, 6.07) is 1.44. The van der Waals surface area contributed by atoms with Crippen molar-refractivity contribution in [3.8, 4) is 0 Å². The molecule has 0 bridgehead atoms. The summed E-state index contributed by atoms with van der Waals surface area (Å²) in [5.41, 5.74) is 0.681. The van der Waals surface area contributed by atoms with Gasteiger partial charge in [-0.15, -0.1) is 0 Å². The lowest BCUT2D eigenvalue weighted by atomic mass is 10.1. The minimum atomic E-state index is -1.60. The number of hydrogen-bond acceptors (Lipinski definition) is 2. The maximum atomic E-state index is 13.3. The molecule has 2 N–H and O–H groups in total. The Morgan fingerprint density at radius 1 is 1.32 bits per heavy atom. The van der Waals surface area contributed by atoms with Gasteiger partial charge >= 0.3 is 0 Å². The number of nitrogens with zero attached hydrogens (tertiary/aromatic N) is 1. The fraction of sp³-hybridized carbons (Fsp3) is 0.312. The second-order valence-corrected chi connectivity index (χ2v) is 7.18. The summed E-state index contributed by atoms with van der Waals surface area (Å²) in [5.74, 6) is -4.98. The van der Waals surface area contributed by atoms with Gasteiger partial charge in [-0.05, 0) is 19.8 Å². The van der Waals surface area contributed by atoms with Crippen LogP contribution in [0, 0.1) is 17.5 Å². The molecular formula is C16H16F3N3O2S. The number of carbonyl (C=O) groups is 1. The standard InChI is InChI=1S/C16H16F3N3O2S/c1-8-3-4-10-13(25(24)21-8)7-22(2)15(10)16(23)20-9-5-11(17)14(19)12(18)6-9/h5-8,21H,3-4H2,1-2H3,(H,20,23). The Hall–Kier alpha value is -2.13. The van der Waals surface area contributed by atoms with Crippen LogP contribution in [0.15, 0.2) is 23.2 Å². The van der Waals surface area contributed by atoms with Crippen LogP contribution in [0.1, 0.15) is 29.4 Å². The van der Waals surface area contributed by atoms with Crippen LogP contribution in [0.4, 0.5) is 18.9 Å². The number of hydrogen-bond donors (Lipinski definition) is 2. The van der Waals surface area contributed by atoms with Gasteiger partial charge in [0, 0.05) is 42.7 Å². The van der Waals surface area contributed by atoms with Crippen molar-refractivity contribution in [2.75, 3.05) is 5.32 Å². The number of rotatable bonds is 2. The predicted molar refractivity (Wildman–Crippen MR) is 87.0 cm³/mol. The highest BCUT2D eigenvalue weighted by atomic mass is 32.2. The summed E-state index contributed by atoms with van der Waals surface area (Å²) < 4.78 is 56.4. The Balaban J connectivity index is 1.95. The maximum absolute atomic E-state index is 13.3. The molecule has 2 atom stereocenters. The first kappa shape index (κ1) is 17.7. The van der Waals surface area contributed by atoms with Gasteiger partial charge in [0.2, 0.25) is 0 Å². The molecule has 1 aliphatic heterocycles. The second-order valence-electron chi connectivity index (χ2n) is 5.97. The molecular weight excluding hydrogens is 355 g/mol. The van der Waals surface area contributed by atoms with E-state index in [0.717, 1.165) is 0 Å². The van der Waals surface area contributed by atoms with E-state index >= 15 is 0 Å². The molecule has 1 aliphatic rings. The Labute approximate surface area is 144 Å². The van der Waals surface area contributed by atoms with Crippen LogP contribution in [0.3, 0.4) is 0 Å². The van der Waals surface area contributed by atoms with Gasteiger partial charge in [0.25, 0.3) is 5.91 Å². The van der Waals surface area contributed by atoms with E-state index < -0.39 is 34.3 Å². The minimum Gasteiger partial charge on any atom is -0.345 e. The third-order valence-electron chi connectivity index (χ3n) is 4.04. The third-order valence-corrected chi connectivity index (χ3v) is 5.41. The smallest absolute Gasteiger partial charge is 0.272 e. The van der Waals surface area contributed by atoms with Gasteiger partial charge in [-0.2, -0.15) is 0 Å². The van der Waals surface area contributed by atoms with Crippen molar-refractivity contribution in [1.82, 2.24) is 9.29 Å². The van der Waals surface area contributed by atoms with Crippen LogP contribution < -0.4 is 10.0 Å². The number of amides is 1. The van der Waals surface area contributed by atoms with Crippen LogP contribution in [-0.2, 0) is 24.5 Å². The van der Waals surface area contributed by atoms with Gasteiger partial charge in [0.05, 0.1) is 4.90 Å². The predicted octanol–water partition coefficient (Wildman–Crippen LogP) is 2.64. The van der Waals surface area contributed by atoms with Crippen molar-refractivity contribution in [2.24, 2.45) is 7.05 Å². The van der Waals surface area contributed by atoms with Gasteiger partial charge in [0.1, 0.15) is 16.7 Å². The highest BCUT2D eigenvalue weighted by molar-refractivity contribution is 7.83. The normalized spacial score (nSPS) is 20.0. The van der Waals surface area contributed by atoms with Gasteiger partial charge in [-0.3, -0.25) is 4.79 Å². The topological polar surface area (TPSA) is 63.1 Å². The summed E-state index contributed by atoms with van der Waals surface area (Å²) in [5, 5.41) is 2.36. The average molecular weight is 371 g/mol. The minimum absolute atomic E-state index is 0.0229. The molecule has 2 heterocycles. The van der Waals surface area contributed by atoms with Gasteiger partial charge in [-0.1, -0.05) is 0 Å². The number of carbonyl (C=O) groups excluding carboxylic acids is 1. The van der Waals surface area contributed by atoms with Crippen LogP contribution in [-0.4, -0.2) is 20.7 Å². The Morgan fingerprint density at radius 3 is 2.60 bits per heavy atom. The second kappa shape index (κ2) is 6.64. The molecule has 2 aromatic rings. The van der Waals surface area contributed by atoms with E-state index in [2.05, 4.69) is 10.0 Å². The van der Waals surface area contributed by atoms with Crippen LogP contribution in [0.5, 0.6) is 0 Å². The molecule has 134 valence electrons. The quantitative estimate of drug-likeness (QED) is 0.798. The summed E-state index contributed by atoms with van der Waals surface area (Å²) in [6.45, 7) is 1.90. The molecule has 3 rings (SSSR count). The lowest BCUT2D eigenvalue weighted by molar-refractivity contribution is 0.101. The third kappa shape index (κ3) is 3.34. The van der Waals surface area contributed by atoms with Crippen molar-refractivity contribution in [2.45, 2.75) is 30.7 Å². The zero-order valence-corrected chi connectivity index (χ0v) is 14.3. The molecule has 1 aromatic heterocycles. The maximum Gasteiger partial charge on any atom is 0.272 e. The zero-order chi connectivity index (χ0) is 18.3. The Bertz CT molecular complexity index is 859. The molecule has 0 spiro atoms. The molecule has 0 fully saturated rings. The lowest BCUT2D eigenvalue weighted by Gasteiger charge is -2.10. The summed E-state index contributed by atoms with van der Waals surface area (Å²) >= 11 is 0. The molecule has 2 unspecified atom stereocenters. The van der Waals surface area contributed by atoms with E-state index in [1.807, 2.05) is 6.92 Å². The van der Waals surface area contributed by atoms with Gasteiger partial charge in [-0.25, -0.2) is 22.1 Å². The van der Waals surface area contributed by atoms with Crippen LogP contribution in [0.2, 0.25) is 0 Å². The van der Waals surface area contributed by atoms with E-state index in [-0.39, 0.29) is 17.4 Å². The number of aryl methyl sites for hydroxylation is 1. The summed E-state index contributed by atoms with van der Waals surface area (Å²) in [4.78, 5) is 13.1. The summed E-state index contributed by atoms with van der Waals surface area (Å²) in [7, 11) is 0.175. The van der Waals surface area contributed by atoms with E-state index in [1.54, 1.807) is 13.2 Å². The molecule has 25 heavy (non-hydrogen) atoms. The monoisotopic (exact) mass is 371 g/mol. The molecule has 0 aliphatic carbocycles. The first-order chi connectivity index (χ1) is 11.8. The Kier molecular flexibility index (Phi) is 4.70. The average Bonchev–Trinajstić information content (AvgIpc) is 2.80. The zero-order valence-electron chi connectivity index (χ0n) is 13.5. The highest BCUT2D eigenvalue weighted by Gasteiger charge is 2.27. The Morgan fingerprint density at radius 2 is 1.96 bits per heavy atom. The number of nitrogens with one attached hydrogen (secondary N) is 2. The number of aromatic nitrogens is 1. The number of benzene rings is 1. The number of fused-ring (bicyclic) bond motifs is 1. The molecule has 0 radical (unpaired) electrons. The van der Waals surface area contributed by atoms with E-state index in [9.17, 15) is 22.2 Å². The molecule has 0 saturated heterocycles.